The third-order valence-electron chi connectivity index (χ3n) is 2.32. The van der Waals surface area contributed by atoms with Gasteiger partial charge in [0.15, 0.2) is 0 Å². The summed E-state index contributed by atoms with van der Waals surface area (Å²) in [7, 11) is 1.62. The fourth-order valence-electron chi connectivity index (χ4n) is 1.65. The average molecular weight is 161 g/mol. The van der Waals surface area contributed by atoms with Crippen LogP contribution in [0.4, 0.5) is 4.39 Å². The molecule has 0 N–H and O–H groups in total. The van der Waals surface area contributed by atoms with Gasteiger partial charge in [-0.3, -0.25) is 4.90 Å². The molecule has 0 radical (unpaired) electrons. The Morgan fingerprint density at radius 1 is 1.64 bits per heavy atom. The normalized spacial score (nSPS) is 33.0. The molecule has 0 unspecified atom stereocenters. The van der Waals surface area contributed by atoms with Crippen LogP contribution < -0.4 is 0 Å². The number of likely N-dealkylation sites (tertiary alicyclic amines) is 1. The van der Waals surface area contributed by atoms with Crippen LogP contribution in [-0.4, -0.2) is 43.9 Å². The van der Waals surface area contributed by atoms with Gasteiger partial charge in [0.25, 0.3) is 0 Å². The summed E-state index contributed by atoms with van der Waals surface area (Å²) < 4.78 is 18.0. The van der Waals surface area contributed by atoms with Crippen LogP contribution in [0.15, 0.2) is 0 Å². The predicted molar refractivity (Wildman–Crippen MR) is 42.4 cm³/mol. The van der Waals surface area contributed by atoms with E-state index in [1.165, 1.54) is 0 Å². The fraction of sp³-hybridized carbons (Fsp3) is 1.00. The highest BCUT2D eigenvalue weighted by Crippen LogP contribution is 2.20. The Morgan fingerprint density at radius 3 is 2.91 bits per heavy atom. The molecule has 1 heterocycles. The number of hydrogen-bond acceptors (Lipinski definition) is 2. The molecule has 1 aliphatic rings. The zero-order valence-corrected chi connectivity index (χ0v) is 7.22. The second-order valence-electron chi connectivity index (χ2n) is 2.96. The molecule has 0 amide bonds. The lowest BCUT2D eigenvalue weighted by molar-refractivity contribution is 0.0876. The minimum Gasteiger partial charge on any atom is -0.383 e. The van der Waals surface area contributed by atoms with E-state index in [1.54, 1.807) is 7.11 Å². The lowest BCUT2D eigenvalue weighted by Crippen LogP contribution is -2.37. The number of hydrogen-bond donors (Lipinski definition) is 0. The molecule has 11 heavy (non-hydrogen) atoms. The molecular weight excluding hydrogens is 145 g/mol. The molecule has 2 nitrogen and oxygen atoms in total. The second kappa shape index (κ2) is 4.02. The summed E-state index contributed by atoms with van der Waals surface area (Å²) in [5.41, 5.74) is 0. The molecule has 1 rings (SSSR count). The highest BCUT2D eigenvalue weighted by Gasteiger charge is 2.32. The topological polar surface area (TPSA) is 12.5 Å². The van der Waals surface area contributed by atoms with Crippen LogP contribution in [0.1, 0.15) is 13.3 Å². The van der Waals surface area contributed by atoms with Gasteiger partial charge in [-0.25, -0.2) is 4.39 Å². The van der Waals surface area contributed by atoms with Crippen LogP contribution in [0.3, 0.4) is 0 Å². The van der Waals surface area contributed by atoms with Gasteiger partial charge >= 0.3 is 0 Å². The summed E-state index contributed by atoms with van der Waals surface area (Å²) in [6, 6.07) is 0.00463. The third kappa shape index (κ3) is 1.91. The number of alkyl halides is 1. The third-order valence-corrected chi connectivity index (χ3v) is 2.32. The van der Waals surface area contributed by atoms with Crippen LogP contribution in [-0.2, 0) is 4.74 Å². The molecule has 1 saturated heterocycles. The predicted octanol–water partition coefficient (Wildman–Crippen LogP) is 1.07. The Balaban J connectivity index is 2.42. The highest BCUT2D eigenvalue weighted by atomic mass is 19.1. The average Bonchev–Trinajstić information content (AvgIpc) is 2.34. The van der Waals surface area contributed by atoms with Gasteiger partial charge in [-0.2, -0.15) is 0 Å². The molecule has 0 aliphatic carbocycles. The standard InChI is InChI=1S/C8H16FNO/c1-3-10-5-4-7(9)8(10)6-11-2/h7-8H,3-6H2,1-2H3/t7-,8+/m0/s1. The fourth-order valence-corrected chi connectivity index (χ4v) is 1.65. The minimum atomic E-state index is -0.685. The second-order valence-corrected chi connectivity index (χ2v) is 2.96. The maximum absolute atomic E-state index is 13.1. The molecule has 0 bridgehead atoms. The van der Waals surface area contributed by atoms with Crippen molar-refractivity contribution in [3.05, 3.63) is 0 Å². The molecule has 3 heteroatoms. The van der Waals surface area contributed by atoms with E-state index < -0.39 is 6.17 Å². The molecule has 2 atom stereocenters. The van der Waals surface area contributed by atoms with Crippen molar-refractivity contribution in [3.8, 4) is 0 Å². The van der Waals surface area contributed by atoms with E-state index in [0.717, 1.165) is 13.1 Å². The Hall–Kier alpha value is -0.150. The smallest absolute Gasteiger partial charge is 0.119 e. The Kier molecular flexibility index (Phi) is 3.27. The van der Waals surface area contributed by atoms with Crippen LogP contribution in [0, 0.1) is 0 Å². The van der Waals surface area contributed by atoms with Crippen LogP contribution in [0.25, 0.3) is 0 Å². The zero-order valence-electron chi connectivity index (χ0n) is 7.22. The first-order valence-electron chi connectivity index (χ1n) is 4.16. The maximum Gasteiger partial charge on any atom is 0.119 e. The van der Waals surface area contributed by atoms with Crippen molar-refractivity contribution in [2.75, 3.05) is 26.8 Å². The summed E-state index contributed by atoms with van der Waals surface area (Å²) in [5.74, 6) is 0. The van der Waals surface area contributed by atoms with Gasteiger partial charge in [0.1, 0.15) is 6.17 Å². The number of nitrogens with zero attached hydrogens (tertiary/aromatic N) is 1. The Morgan fingerprint density at radius 2 is 2.36 bits per heavy atom. The van der Waals surface area contributed by atoms with Gasteiger partial charge in [-0.15, -0.1) is 0 Å². The van der Waals surface area contributed by atoms with E-state index in [4.69, 9.17) is 4.74 Å². The first-order chi connectivity index (χ1) is 5.29. The minimum absolute atomic E-state index is 0.00463. The molecule has 0 aromatic carbocycles. The first-order valence-corrected chi connectivity index (χ1v) is 4.16. The molecule has 1 fully saturated rings. The Bertz CT molecular complexity index is 121. The van der Waals surface area contributed by atoms with Crippen LogP contribution in [0.2, 0.25) is 0 Å². The van der Waals surface area contributed by atoms with Gasteiger partial charge in [-0.1, -0.05) is 6.92 Å². The van der Waals surface area contributed by atoms with Gasteiger partial charge in [-0.05, 0) is 13.0 Å². The number of methoxy groups -OCH3 is 1. The quantitative estimate of drug-likeness (QED) is 0.613. The van der Waals surface area contributed by atoms with Gasteiger partial charge in [0, 0.05) is 13.7 Å². The highest BCUT2D eigenvalue weighted by molar-refractivity contribution is 4.86. The van der Waals surface area contributed by atoms with Crippen molar-refractivity contribution in [1.29, 1.82) is 0 Å². The van der Waals surface area contributed by atoms with Crippen molar-refractivity contribution in [2.45, 2.75) is 25.6 Å². The zero-order chi connectivity index (χ0) is 8.27. The maximum atomic E-state index is 13.1. The van der Waals surface area contributed by atoms with Crippen LogP contribution in [0.5, 0.6) is 0 Å². The van der Waals surface area contributed by atoms with E-state index in [1.807, 2.05) is 0 Å². The first kappa shape index (κ1) is 8.94. The van der Waals surface area contributed by atoms with E-state index >= 15 is 0 Å². The molecule has 0 aromatic heterocycles. The summed E-state index contributed by atoms with van der Waals surface area (Å²) in [6.07, 6.45) is -0.0168. The Labute approximate surface area is 67.3 Å². The number of halogens is 1. The molecule has 1 aliphatic heterocycles. The SMILES string of the molecule is CCN1CC[C@H](F)[C@H]1COC. The number of rotatable bonds is 3. The molecular formula is C8H16FNO. The van der Waals surface area contributed by atoms with Crippen LogP contribution >= 0.6 is 0 Å². The summed E-state index contributed by atoms with van der Waals surface area (Å²) in [6.45, 7) is 4.38. The van der Waals surface area contributed by atoms with Crippen molar-refractivity contribution >= 4 is 0 Å². The lowest BCUT2D eigenvalue weighted by Gasteiger charge is -2.22. The van der Waals surface area contributed by atoms with E-state index in [-0.39, 0.29) is 6.04 Å². The number of likely N-dealkylation sites (N-methyl/N-ethyl adjacent to an activating group) is 1. The number of ether oxygens (including phenoxy) is 1. The van der Waals surface area contributed by atoms with Crippen molar-refractivity contribution in [3.63, 3.8) is 0 Å². The van der Waals surface area contributed by atoms with Crippen molar-refractivity contribution in [2.24, 2.45) is 0 Å². The van der Waals surface area contributed by atoms with Gasteiger partial charge < -0.3 is 4.74 Å². The monoisotopic (exact) mass is 161 g/mol. The molecule has 0 saturated carbocycles. The largest absolute Gasteiger partial charge is 0.383 e. The summed E-state index contributed by atoms with van der Waals surface area (Å²) in [4.78, 5) is 2.13. The summed E-state index contributed by atoms with van der Waals surface area (Å²) in [5, 5.41) is 0. The van der Waals surface area contributed by atoms with E-state index in [9.17, 15) is 4.39 Å². The van der Waals surface area contributed by atoms with E-state index in [0.29, 0.717) is 13.0 Å². The summed E-state index contributed by atoms with van der Waals surface area (Å²) >= 11 is 0. The molecule has 66 valence electrons. The van der Waals surface area contributed by atoms with Crippen molar-refractivity contribution < 1.29 is 9.13 Å². The van der Waals surface area contributed by atoms with Crippen molar-refractivity contribution in [1.82, 2.24) is 4.90 Å². The molecule has 0 spiro atoms. The van der Waals surface area contributed by atoms with E-state index in [2.05, 4.69) is 11.8 Å². The van der Waals surface area contributed by atoms with Gasteiger partial charge in [0.05, 0.1) is 12.6 Å². The van der Waals surface area contributed by atoms with Gasteiger partial charge in [0.2, 0.25) is 0 Å². The molecule has 0 aromatic rings. The lowest BCUT2D eigenvalue weighted by atomic mass is 10.2.